The van der Waals surface area contributed by atoms with Gasteiger partial charge < -0.3 is 14.9 Å². The van der Waals surface area contributed by atoms with Crippen molar-refractivity contribution in [2.45, 2.75) is 0 Å². The Morgan fingerprint density at radius 1 is 1.00 bits per heavy atom. The van der Waals surface area contributed by atoms with Gasteiger partial charge in [0.2, 0.25) is 0 Å². The van der Waals surface area contributed by atoms with Crippen LogP contribution >= 0.6 is 0 Å². The Labute approximate surface area is 97.7 Å². The van der Waals surface area contributed by atoms with Gasteiger partial charge in [-0.2, -0.15) is 0 Å². The van der Waals surface area contributed by atoms with Crippen molar-refractivity contribution < 1.29 is 19.7 Å². The van der Waals surface area contributed by atoms with Crippen molar-refractivity contribution in [3.63, 3.8) is 0 Å². The largest absolute Gasteiger partial charge is 0.507 e. The zero-order chi connectivity index (χ0) is 12.3. The molecular weight excluding hydrogens is 220 g/mol. The van der Waals surface area contributed by atoms with E-state index in [-0.39, 0.29) is 11.3 Å². The van der Waals surface area contributed by atoms with Crippen molar-refractivity contribution in [1.29, 1.82) is 0 Å². The Morgan fingerprint density at radius 2 is 1.71 bits per heavy atom. The van der Waals surface area contributed by atoms with Gasteiger partial charge in [-0.3, -0.25) is 0 Å². The molecule has 2 N–H and O–H groups in total. The molecule has 0 bridgehead atoms. The molecule has 0 atom stereocenters. The summed E-state index contributed by atoms with van der Waals surface area (Å²) >= 11 is 0. The van der Waals surface area contributed by atoms with Crippen LogP contribution < -0.4 is 4.74 Å². The molecule has 0 radical (unpaired) electrons. The summed E-state index contributed by atoms with van der Waals surface area (Å²) in [7, 11) is 0. The van der Waals surface area contributed by atoms with Crippen molar-refractivity contribution in [1.82, 2.24) is 0 Å². The monoisotopic (exact) mass is 230 g/mol. The SMILES string of the molecule is O=C(O)c1ccc(Oc2ccccc2)cc1O. The Morgan fingerprint density at radius 3 is 2.29 bits per heavy atom. The molecule has 0 aliphatic rings. The van der Waals surface area contributed by atoms with Gasteiger partial charge in [0, 0.05) is 6.07 Å². The van der Waals surface area contributed by atoms with Gasteiger partial charge in [0.25, 0.3) is 0 Å². The lowest BCUT2D eigenvalue weighted by atomic mass is 10.2. The minimum Gasteiger partial charge on any atom is -0.507 e. The molecule has 0 spiro atoms. The topological polar surface area (TPSA) is 66.8 Å². The van der Waals surface area contributed by atoms with E-state index < -0.39 is 5.97 Å². The first-order chi connectivity index (χ1) is 8.16. The van der Waals surface area contributed by atoms with Gasteiger partial charge in [0.1, 0.15) is 22.8 Å². The number of phenols is 1. The summed E-state index contributed by atoms with van der Waals surface area (Å²) in [5.41, 5.74) is -0.148. The Balaban J connectivity index is 2.24. The van der Waals surface area contributed by atoms with Crippen LogP contribution in [0.3, 0.4) is 0 Å². The number of aromatic hydroxyl groups is 1. The molecule has 0 saturated carbocycles. The van der Waals surface area contributed by atoms with Gasteiger partial charge >= 0.3 is 5.97 Å². The van der Waals surface area contributed by atoms with Gasteiger partial charge in [-0.25, -0.2) is 4.79 Å². The number of carbonyl (C=O) groups is 1. The van der Waals surface area contributed by atoms with E-state index in [1.165, 1.54) is 18.2 Å². The highest BCUT2D eigenvalue weighted by Gasteiger charge is 2.10. The van der Waals surface area contributed by atoms with E-state index in [9.17, 15) is 9.90 Å². The van der Waals surface area contributed by atoms with Gasteiger partial charge in [-0.1, -0.05) is 18.2 Å². The highest BCUT2D eigenvalue weighted by Crippen LogP contribution is 2.27. The molecule has 0 heterocycles. The van der Waals surface area contributed by atoms with Crippen molar-refractivity contribution in [2.75, 3.05) is 0 Å². The van der Waals surface area contributed by atoms with E-state index >= 15 is 0 Å². The van der Waals surface area contributed by atoms with Crippen LogP contribution in [0, 0.1) is 0 Å². The maximum Gasteiger partial charge on any atom is 0.339 e. The summed E-state index contributed by atoms with van der Waals surface area (Å²) in [5.74, 6) is -0.478. The van der Waals surface area contributed by atoms with Crippen LogP contribution in [0.15, 0.2) is 48.5 Å². The van der Waals surface area contributed by atoms with E-state index in [2.05, 4.69) is 0 Å². The van der Waals surface area contributed by atoms with E-state index in [1.807, 2.05) is 18.2 Å². The number of hydrogen-bond donors (Lipinski definition) is 2. The number of para-hydroxylation sites is 1. The molecule has 0 amide bonds. The highest BCUT2D eigenvalue weighted by atomic mass is 16.5. The maximum absolute atomic E-state index is 10.7. The molecule has 0 unspecified atom stereocenters. The predicted octanol–water partition coefficient (Wildman–Crippen LogP) is 2.88. The molecule has 4 nitrogen and oxygen atoms in total. The van der Waals surface area contributed by atoms with E-state index in [4.69, 9.17) is 9.84 Å². The minimum absolute atomic E-state index is 0.148. The first-order valence-corrected chi connectivity index (χ1v) is 4.96. The highest BCUT2D eigenvalue weighted by molar-refractivity contribution is 5.90. The fourth-order valence-electron chi connectivity index (χ4n) is 1.38. The number of carboxylic acid groups (broad SMARTS) is 1. The second-order valence-electron chi connectivity index (χ2n) is 3.40. The van der Waals surface area contributed by atoms with Crippen LogP contribution in [0.5, 0.6) is 17.2 Å². The fourth-order valence-corrected chi connectivity index (χ4v) is 1.38. The molecule has 0 aliphatic heterocycles. The summed E-state index contributed by atoms with van der Waals surface area (Å²) in [6.07, 6.45) is 0. The van der Waals surface area contributed by atoms with Crippen molar-refractivity contribution in [2.24, 2.45) is 0 Å². The van der Waals surface area contributed by atoms with Gasteiger partial charge in [-0.05, 0) is 24.3 Å². The average molecular weight is 230 g/mol. The first-order valence-electron chi connectivity index (χ1n) is 4.96. The fraction of sp³-hybridized carbons (Fsp3) is 0. The predicted molar refractivity (Wildman–Crippen MR) is 61.6 cm³/mol. The number of aromatic carboxylic acids is 1. The standard InChI is InChI=1S/C13H10O4/c14-12-8-10(6-7-11(12)13(15)16)17-9-4-2-1-3-5-9/h1-8,14H,(H,15,16). The number of carboxylic acids is 1. The lowest BCUT2D eigenvalue weighted by Crippen LogP contribution is -1.96. The zero-order valence-corrected chi connectivity index (χ0v) is 8.83. The van der Waals surface area contributed by atoms with Gasteiger partial charge in [-0.15, -0.1) is 0 Å². The molecule has 4 heteroatoms. The molecule has 0 aliphatic carbocycles. The molecule has 2 aromatic rings. The molecule has 0 aromatic heterocycles. The molecular formula is C13H10O4. The van der Waals surface area contributed by atoms with Crippen LogP contribution in [0.25, 0.3) is 0 Å². The van der Waals surface area contributed by atoms with Crippen LogP contribution in [0.1, 0.15) is 10.4 Å². The van der Waals surface area contributed by atoms with Crippen LogP contribution in [0.4, 0.5) is 0 Å². The molecule has 2 aromatic carbocycles. The second kappa shape index (κ2) is 4.57. The molecule has 0 saturated heterocycles. The molecule has 17 heavy (non-hydrogen) atoms. The quantitative estimate of drug-likeness (QED) is 0.850. The smallest absolute Gasteiger partial charge is 0.339 e. The molecule has 2 rings (SSSR count). The molecule has 86 valence electrons. The van der Waals surface area contributed by atoms with Crippen LogP contribution in [-0.2, 0) is 0 Å². The van der Waals surface area contributed by atoms with Crippen LogP contribution in [-0.4, -0.2) is 16.2 Å². The van der Waals surface area contributed by atoms with Crippen molar-refractivity contribution >= 4 is 5.97 Å². The zero-order valence-electron chi connectivity index (χ0n) is 8.83. The number of rotatable bonds is 3. The third-order valence-corrected chi connectivity index (χ3v) is 2.18. The van der Waals surface area contributed by atoms with Crippen molar-refractivity contribution in [3.05, 3.63) is 54.1 Å². The van der Waals surface area contributed by atoms with E-state index in [0.29, 0.717) is 11.5 Å². The van der Waals surface area contributed by atoms with E-state index in [0.717, 1.165) is 0 Å². The van der Waals surface area contributed by atoms with Crippen molar-refractivity contribution in [3.8, 4) is 17.2 Å². The first kappa shape index (κ1) is 11.0. The number of benzene rings is 2. The summed E-state index contributed by atoms with van der Waals surface area (Å²) in [5, 5.41) is 18.2. The van der Waals surface area contributed by atoms with Gasteiger partial charge in [0.15, 0.2) is 0 Å². The normalized spacial score (nSPS) is 9.88. The number of ether oxygens (including phenoxy) is 1. The summed E-state index contributed by atoms with van der Waals surface area (Å²) in [6.45, 7) is 0. The maximum atomic E-state index is 10.7. The number of hydrogen-bond acceptors (Lipinski definition) is 3. The second-order valence-corrected chi connectivity index (χ2v) is 3.40. The summed E-state index contributed by atoms with van der Waals surface area (Å²) in [6, 6.07) is 13.1. The van der Waals surface area contributed by atoms with Crippen LogP contribution in [0.2, 0.25) is 0 Å². The Hall–Kier alpha value is -2.49. The van der Waals surface area contributed by atoms with Gasteiger partial charge in [0.05, 0.1) is 0 Å². The summed E-state index contributed by atoms with van der Waals surface area (Å²) < 4.78 is 5.44. The Kier molecular flexibility index (Phi) is 2.96. The summed E-state index contributed by atoms with van der Waals surface area (Å²) in [4.78, 5) is 10.7. The lowest BCUT2D eigenvalue weighted by Gasteiger charge is -2.06. The third kappa shape index (κ3) is 2.55. The third-order valence-electron chi connectivity index (χ3n) is 2.18. The lowest BCUT2D eigenvalue weighted by molar-refractivity contribution is 0.0693. The minimum atomic E-state index is -1.17. The Bertz CT molecular complexity index is 534. The average Bonchev–Trinajstić information content (AvgIpc) is 2.30. The van der Waals surface area contributed by atoms with E-state index in [1.54, 1.807) is 12.1 Å². The molecule has 0 fully saturated rings.